The first-order chi connectivity index (χ1) is 12.2. The third-order valence-corrected chi connectivity index (χ3v) is 6.27. The van der Waals surface area contributed by atoms with E-state index in [-0.39, 0.29) is 5.50 Å². The van der Waals surface area contributed by atoms with Gasteiger partial charge in [-0.3, -0.25) is 4.90 Å². The number of hydrogen-bond donors (Lipinski definition) is 1. The number of nitrogens with one attached hydrogen (secondary N) is 1. The average Bonchev–Trinajstić information content (AvgIpc) is 3.29. The molecule has 1 unspecified atom stereocenters. The Morgan fingerprint density at radius 2 is 2.12 bits per heavy atom. The van der Waals surface area contributed by atoms with Gasteiger partial charge >= 0.3 is 0 Å². The van der Waals surface area contributed by atoms with Crippen LogP contribution in [0.1, 0.15) is 19.4 Å². The summed E-state index contributed by atoms with van der Waals surface area (Å²) < 4.78 is 0. The summed E-state index contributed by atoms with van der Waals surface area (Å²) in [6, 6.07) is 6.60. The zero-order valence-corrected chi connectivity index (χ0v) is 16.1. The van der Waals surface area contributed by atoms with Crippen molar-refractivity contribution in [3.63, 3.8) is 0 Å². The summed E-state index contributed by atoms with van der Waals surface area (Å²) in [6.45, 7) is 7.75. The highest BCUT2D eigenvalue weighted by molar-refractivity contribution is 8.03. The second kappa shape index (κ2) is 6.98. The molecule has 0 spiro atoms. The van der Waals surface area contributed by atoms with Crippen molar-refractivity contribution in [2.45, 2.75) is 25.8 Å². The van der Waals surface area contributed by atoms with E-state index < -0.39 is 0 Å². The predicted octanol–water partition coefficient (Wildman–Crippen LogP) is 4.71. The quantitative estimate of drug-likeness (QED) is 0.740. The number of rotatable bonds is 6. The fourth-order valence-electron chi connectivity index (χ4n) is 3.51. The van der Waals surface area contributed by atoms with E-state index in [1.807, 2.05) is 6.20 Å². The van der Waals surface area contributed by atoms with E-state index in [1.54, 1.807) is 11.8 Å². The van der Waals surface area contributed by atoms with Crippen LogP contribution in [0, 0.1) is 0 Å². The van der Waals surface area contributed by atoms with Gasteiger partial charge in [-0.1, -0.05) is 43.3 Å². The van der Waals surface area contributed by atoms with E-state index in [9.17, 15) is 0 Å². The summed E-state index contributed by atoms with van der Waals surface area (Å²) >= 11 is 8.24. The molecular formula is C19H23ClN4S. The molecule has 0 radical (unpaired) electrons. The number of hydrogen-bond acceptors (Lipinski definition) is 4. The number of benzene rings is 1. The second-order valence-corrected chi connectivity index (χ2v) is 7.69. The van der Waals surface area contributed by atoms with E-state index >= 15 is 0 Å². The van der Waals surface area contributed by atoms with Crippen molar-refractivity contribution < 1.29 is 0 Å². The van der Waals surface area contributed by atoms with Crippen LogP contribution in [0.5, 0.6) is 0 Å². The van der Waals surface area contributed by atoms with Crippen LogP contribution < -0.4 is 4.90 Å². The smallest absolute Gasteiger partial charge is 0.163 e. The summed E-state index contributed by atoms with van der Waals surface area (Å²) in [4.78, 5) is 10.2. The SMILES string of the molecule is CCN(CC)CCc1c[nH]c2cc(N3C(Cl)=CN4C=CSC43)ccc12. The van der Waals surface area contributed by atoms with Crippen molar-refractivity contribution in [3.05, 3.63) is 52.9 Å². The summed E-state index contributed by atoms with van der Waals surface area (Å²) in [5.74, 6) is 0. The van der Waals surface area contributed by atoms with Gasteiger partial charge < -0.3 is 14.8 Å². The Labute approximate surface area is 158 Å². The van der Waals surface area contributed by atoms with Crippen molar-refractivity contribution in [1.82, 2.24) is 14.8 Å². The highest BCUT2D eigenvalue weighted by Crippen LogP contribution is 2.41. The Hall–Kier alpha value is -1.56. The van der Waals surface area contributed by atoms with Crippen LogP contribution >= 0.6 is 23.4 Å². The van der Waals surface area contributed by atoms with E-state index in [2.05, 4.69) is 69.5 Å². The molecular weight excluding hydrogens is 352 g/mol. The minimum absolute atomic E-state index is 0.196. The molecule has 25 heavy (non-hydrogen) atoms. The molecule has 0 saturated heterocycles. The van der Waals surface area contributed by atoms with Crippen molar-refractivity contribution >= 4 is 40.0 Å². The van der Waals surface area contributed by atoms with Crippen LogP contribution in [-0.4, -0.2) is 39.9 Å². The number of aromatic nitrogens is 1. The molecule has 6 heteroatoms. The lowest BCUT2D eigenvalue weighted by Crippen LogP contribution is -2.31. The molecule has 1 aromatic carbocycles. The fourth-order valence-corrected chi connectivity index (χ4v) is 4.85. The van der Waals surface area contributed by atoms with Gasteiger partial charge in [0.1, 0.15) is 5.16 Å². The van der Waals surface area contributed by atoms with Gasteiger partial charge in [-0.2, -0.15) is 0 Å². The van der Waals surface area contributed by atoms with Crippen molar-refractivity contribution in [3.8, 4) is 0 Å². The van der Waals surface area contributed by atoms with E-state index in [1.165, 1.54) is 16.5 Å². The molecule has 2 aliphatic heterocycles. The molecule has 1 atom stereocenters. The lowest BCUT2D eigenvalue weighted by Gasteiger charge is -2.27. The minimum atomic E-state index is 0.196. The molecule has 0 bridgehead atoms. The summed E-state index contributed by atoms with van der Waals surface area (Å²) in [6.07, 6.45) is 7.27. The van der Waals surface area contributed by atoms with Gasteiger partial charge in [0, 0.05) is 41.7 Å². The largest absolute Gasteiger partial charge is 0.361 e. The first-order valence-electron chi connectivity index (χ1n) is 8.79. The molecule has 0 aliphatic carbocycles. The predicted molar refractivity (Wildman–Crippen MR) is 109 cm³/mol. The molecule has 0 amide bonds. The first kappa shape index (κ1) is 16.9. The van der Waals surface area contributed by atoms with Gasteiger partial charge in [-0.15, -0.1) is 0 Å². The molecule has 2 aromatic rings. The highest BCUT2D eigenvalue weighted by atomic mass is 35.5. The van der Waals surface area contributed by atoms with Crippen LogP contribution in [0.15, 0.2) is 47.4 Å². The number of thioether (sulfide) groups is 1. The maximum Gasteiger partial charge on any atom is 0.163 e. The highest BCUT2D eigenvalue weighted by Gasteiger charge is 2.34. The van der Waals surface area contributed by atoms with Crippen LogP contribution in [0.3, 0.4) is 0 Å². The Balaban J connectivity index is 1.57. The summed E-state index contributed by atoms with van der Waals surface area (Å²) in [5.41, 5.74) is 3.87. The van der Waals surface area contributed by atoms with Crippen molar-refractivity contribution in [2.75, 3.05) is 24.5 Å². The van der Waals surface area contributed by atoms with Crippen LogP contribution in [-0.2, 0) is 6.42 Å². The van der Waals surface area contributed by atoms with Gasteiger partial charge in [0.15, 0.2) is 5.50 Å². The molecule has 3 heterocycles. The summed E-state index contributed by atoms with van der Waals surface area (Å²) in [5, 5.41) is 4.18. The molecule has 1 N–H and O–H groups in total. The monoisotopic (exact) mass is 374 g/mol. The lowest BCUT2D eigenvalue weighted by atomic mass is 10.1. The minimum Gasteiger partial charge on any atom is -0.361 e. The molecule has 2 aliphatic rings. The second-order valence-electron chi connectivity index (χ2n) is 6.34. The maximum atomic E-state index is 6.47. The van der Waals surface area contributed by atoms with Crippen LogP contribution in [0.2, 0.25) is 0 Å². The van der Waals surface area contributed by atoms with Gasteiger partial charge in [0.05, 0.1) is 0 Å². The Kier molecular flexibility index (Phi) is 4.71. The van der Waals surface area contributed by atoms with Crippen molar-refractivity contribution in [1.29, 1.82) is 0 Å². The number of anilines is 1. The number of aromatic amines is 1. The average molecular weight is 375 g/mol. The third kappa shape index (κ3) is 3.05. The normalized spacial score (nSPS) is 19.4. The van der Waals surface area contributed by atoms with Gasteiger partial charge in [-0.05, 0) is 42.6 Å². The molecule has 0 fully saturated rings. The fraction of sp³-hybridized carbons (Fsp3) is 0.368. The van der Waals surface area contributed by atoms with Gasteiger partial charge in [0.25, 0.3) is 0 Å². The van der Waals surface area contributed by atoms with E-state index in [0.29, 0.717) is 0 Å². The Morgan fingerprint density at radius 3 is 2.92 bits per heavy atom. The number of nitrogens with zero attached hydrogens (tertiary/aromatic N) is 3. The molecule has 4 rings (SSSR count). The number of fused-ring (bicyclic) bond motifs is 2. The molecule has 1 aromatic heterocycles. The summed E-state index contributed by atoms with van der Waals surface area (Å²) in [7, 11) is 0. The van der Waals surface area contributed by atoms with Gasteiger partial charge in [0.2, 0.25) is 0 Å². The number of halogens is 1. The third-order valence-electron chi connectivity index (χ3n) is 5.02. The topological polar surface area (TPSA) is 25.5 Å². The lowest BCUT2D eigenvalue weighted by molar-refractivity contribution is 0.308. The van der Waals surface area contributed by atoms with Crippen LogP contribution in [0.4, 0.5) is 5.69 Å². The Bertz CT molecular complexity index is 824. The molecule has 0 saturated carbocycles. The van der Waals surface area contributed by atoms with Gasteiger partial charge in [-0.25, -0.2) is 0 Å². The van der Waals surface area contributed by atoms with Crippen LogP contribution in [0.25, 0.3) is 10.9 Å². The molecule has 4 nitrogen and oxygen atoms in total. The standard InChI is InChI=1S/C19H23ClN4S/c1-3-22(4-2)8-7-14-12-21-17-11-15(5-6-16(14)17)24-18(20)13-23-9-10-25-19(23)24/h5-6,9-13,19,21H,3-4,7-8H2,1-2H3. The first-order valence-corrected chi connectivity index (χ1v) is 10.1. The van der Waals surface area contributed by atoms with E-state index in [0.717, 1.165) is 36.9 Å². The maximum absolute atomic E-state index is 6.47. The van der Waals surface area contributed by atoms with Crippen molar-refractivity contribution in [2.24, 2.45) is 0 Å². The molecule has 132 valence electrons. The Morgan fingerprint density at radius 1 is 1.28 bits per heavy atom. The number of H-pyrrole nitrogens is 1. The van der Waals surface area contributed by atoms with E-state index in [4.69, 9.17) is 11.6 Å². The zero-order chi connectivity index (χ0) is 17.4. The zero-order valence-electron chi connectivity index (χ0n) is 14.6. The number of likely N-dealkylation sites (N-methyl/N-ethyl adjacent to an activating group) is 1.